The van der Waals surface area contributed by atoms with Gasteiger partial charge in [0.15, 0.2) is 0 Å². The molecule has 140 valence electrons. The molecule has 3 rings (SSSR count). The molecule has 1 heterocycles. The lowest BCUT2D eigenvalue weighted by molar-refractivity contribution is 0.361. The molecular formula is C19H22BrNO4S. The van der Waals surface area contributed by atoms with Crippen molar-refractivity contribution >= 4 is 26.0 Å². The van der Waals surface area contributed by atoms with E-state index in [0.717, 1.165) is 24.0 Å². The Hall–Kier alpha value is -1.57. The normalized spacial score (nSPS) is 18.1. The standard InChI is InChI=1S/C19H22BrNO4S/c1-13-6-9-19(16(20)11-13)26(22,23)21-10-4-5-17(21)15-12-14(24-2)7-8-18(15)25-3/h6-9,11-12,17H,4-5,10H2,1-3H3. The fourth-order valence-corrected chi connectivity index (χ4v) is 6.21. The summed E-state index contributed by atoms with van der Waals surface area (Å²) in [7, 11) is -0.450. The van der Waals surface area contributed by atoms with Gasteiger partial charge in [0, 0.05) is 16.6 Å². The molecule has 0 saturated carbocycles. The number of halogens is 1. The molecule has 26 heavy (non-hydrogen) atoms. The first-order valence-corrected chi connectivity index (χ1v) is 10.6. The van der Waals surface area contributed by atoms with E-state index in [1.54, 1.807) is 24.6 Å². The molecule has 1 fully saturated rings. The Morgan fingerprint density at radius 3 is 2.54 bits per heavy atom. The number of aryl methyl sites for hydroxylation is 1. The molecule has 0 N–H and O–H groups in total. The number of hydrogen-bond donors (Lipinski definition) is 0. The van der Waals surface area contributed by atoms with Gasteiger partial charge in [0.25, 0.3) is 0 Å². The molecule has 1 aliphatic heterocycles. The zero-order valence-corrected chi connectivity index (χ0v) is 17.4. The van der Waals surface area contributed by atoms with Gasteiger partial charge in [0.2, 0.25) is 10.0 Å². The van der Waals surface area contributed by atoms with Crippen molar-refractivity contribution in [3.8, 4) is 11.5 Å². The smallest absolute Gasteiger partial charge is 0.244 e. The van der Waals surface area contributed by atoms with Crippen LogP contribution >= 0.6 is 15.9 Å². The molecule has 0 aromatic heterocycles. The Kier molecular flexibility index (Phi) is 5.60. The van der Waals surface area contributed by atoms with Crippen molar-refractivity contribution in [1.29, 1.82) is 0 Å². The molecule has 1 unspecified atom stereocenters. The summed E-state index contributed by atoms with van der Waals surface area (Å²) in [5, 5.41) is 0. The van der Waals surface area contributed by atoms with Crippen molar-refractivity contribution in [2.45, 2.75) is 30.7 Å². The molecule has 2 aromatic carbocycles. The molecule has 1 saturated heterocycles. The fraction of sp³-hybridized carbons (Fsp3) is 0.368. The second-order valence-corrected chi connectivity index (χ2v) is 9.03. The SMILES string of the molecule is COc1ccc(OC)c(C2CCCN2S(=O)(=O)c2ccc(C)cc2Br)c1. The number of benzene rings is 2. The van der Waals surface area contributed by atoms with Crippen LogP contribution in [0.1, 0.15) is 30.0 Å². The number of hydrogen-bond acceptors (Lipinski definition) is 4. The van der Waals surface area contributed by atoms with E-state index < -0.39 is 10.0 Å². The second-order valence-electron chi connectivity index (χ2n) is 6.32. The number of rotatable bonds is 5. The van der Waals surface area contributed by atoms with Crippen LogP contribution in [0.4, 0.5) is 0 Å². The van der Waals surface area contributed by atoms with Gasteiger partial charge in [-0.15, -0.1) is 0 Å². The van der Waals surface area contributed by atoms with E-state index in [2.05, 4.69) is 15.9 Å². The Balaban J connectivity index is 2.06. The lowest BCUT2D eigenvalue weighted by Crippen LogP contribution is -2.31. The summed E-state index contributed by atoms with van der Waals surface area (Å²) in [6.07, 6.45) is 1.54. The van der Waals surface area contributed by atoms with E-state index in [1.807, 2.05) is 37.3 Å². The van der Waals surface area contributed by atoms with Crippen LogP contribution in [0.2, 0.25) is 0 Å². The molecule has 5 nitrogen and oxygen atoms in total. The van der Waals surface area contributed by atoms with Crippen LogP contribution in [-0.4, -0.2) is 33.5 Å². The Morgan fingerprint density at radius 1 is 1.12 bits per heavy atom. The predicted octanol–water partition coefficient (Wildman–Crippen LogP) is 4.30. The molecule has 0 spiro atoms. The van der Waals surface area contributed by atoms with Crippen LogP contribution in [0.15, 0.2) is 45.8 Å². The van der Waals surface area contributed by atoms with Crippen molar-refractivity contribution in [2.24, 2.45) is 0 Å². The monoisotopic (exact) mass is 439 g/mol. The first-order chi connectivity index (χ1) is 12.4. The molecule has 1 atom stereocenters. The first kappa shape index (κ1) is 19.2. The Bertz CT molecular complexity index is 914. The van der Waals surface area contributed by atoms with E-state index in [4.69, 9.17) is 9.47 Å². The van der Waals surface area contributed by atoms with Gasteiger partial charge in [-0.05, 0) is 71.6 Å². The lowest BCUT2D eigenvalue weighted by atomic mass is 10.0. The average molecular weight is 440 g/mol. The lowest BCUT2D eigenvalue weighted by Gasteiger charge is -2.26. The van der Waals surface area contributed by atoms with Gasteiger partial charge in [0.1, 0.15) is 11.5 Å². The summed E-state index contributed by atoms with van der Waals surface area (Å²) < 4.78 is 39.6. The highest BCUT2D eigenvalue weighted by Crippen LogP contribution is 2.42. The van der Waals surface area contributed by atoms with E-state index >= 15 is 0 Å². The zero-order chi connectivity index (χ0) is 18.9. The van der Waals surface area contributed by atoms with Gasteiger partial charge >= 0.3 is 0 Å². The van der Waals surface area contributed by atoms with Gasteiger partial charge in [-0.1, -0.05) is 6.07 Å². The molecule has 0 aliphatic carbocycles. The molecule has 7 heteroatoms. The molecular weight excluding hydrogens is 418 g/mol. The van der Waals surface area contributed by atoms with Crippen molar-refractivity contribution in [3.05, 3.63) is 52.0 Å². The third kappa shape index (κ3) is 3.48. The van der Waals surface area contributed by atoms with Crippen LogP contribution in [0, 0.1) is 6.92 Å². The zero-order valence-electron chi connectivity index (χ0n) is 15.0. The van der Waals surface area contributed by atoms with Crippen molar-refractivity contribution in [3.63, 3.8) is 0 Å². The molecule has 0 radical (unpaired) electrons. The first-order valence-electron chi connectivity index (χ1n) is 8.38. The van der Waals surface area contributed by atoms with Crippen molar-refractivity contribution < 1.29 is 17.9 Å². The maximum Gasteiger partial charge on any atom is 0.244 e. The summed E-state index contributed by atoms with van der Waals surface area (Å²) in [6, 6.07) is 10.5. The molecule has 0 bridgehead atoms. The summed E-state index contributed by atoms with van der Waals surface area (Å²) in [5.41, 5.74) is 1.83. The second kappa shape index (κ2) is 7.58. The van der Waals surface area contributed by atoms with Crippen LogP contribution in [0.25, 0.3) is 0 Å². The average Bonchev–Trinajstić information content (AvgIpc) is 3.11. The minimum Gasteiger partial charge on any atom is -0.497 e. The van der Waals surface area contributed by atoms with Gasteiger partial charge < -0.3 is 9.47 Å². The number of ether oxygens (including phenoxy) is 2. The maximum atomic E-state index is 13.3. The van der Waals surface area contributed by atoms with E-state index in [0.29, 0.717) is 22.5 Å². The Morgan fingerprint density at radius 2 is 1.88 bits per heavy atom. The van der Waals surface area contributed by atoms with Crippen molar-refractivity contribution in [1.82, 2.24) is 4.31 Å². The maximum absolute atomic E-state index is 13.3. The number of nitrogens with zero attached hydrogens (tertiary/aromatic N) is 1. The van der Waals surface area contributed by atoms with Crippen LogP contribution in [-0.2, 0) is 10.0 Å². The van der Waals surface area contributed by atoms with Crippen LogP contribution in [0.5, 0.6) is 11.5 Å². The summed E-state index contributed by atoms with van der Waals surface area (Å²) in [4.78, 5) is 0.289. The van der Waals surface area contributed by atoms with Gasteiger partial charge in [-0.2, -0.15) is 4.31 Å². The van der Waals surface area contributed by atoms with Crippen LogP contribution < -0.4 is 9.47 Å². The van der Waals surface area contributed by atoms with E-state index in [1.165, 1.54) is 0 Å². The van der Waals surface area contributed by atoms with Gasteiger partial charge in [0.05, 0.1) is 25.2 Å². The minimum absolute atomic E-state index is 0.279. The predicted molar refractivity (Wildman–Crippen MR) is 104 cm³/mol. The molecule has 0 amide bonds. The fourth-order valence-electron chi connectivity index (χ4n) is 3.38. The highest BCUT2D eigenvalue weighted by Gasteiger charge is 2.38. The third-order valence-corrected chi connectivity index (χ3v) is 7.56. The highest BCUT2D eigenvalue weighted by atomic mass is 79.9. The molecule has 1 aliphatic rings. The highest BCUT2D eigenvalue weighted by molar-refractivity contribution is 9.10. The van der Waals surface area contributed by atoms with Gasteiger partial charge in [-0.25, -0.2) is 8.42 Å². The molecule has 2 aromatic rings. The van der Waals surface area contributed by atoms with Crippen molar-refractivity contribution in [2.75, 3.05) is 20.8 Å². The van der Waals surface area contributed by atoms with Crippen LogP contribution in [0.3, 0.4) is 0 Å². The topological polar surface area (TPSA) is 55.8 Å². The number of sulfonamides is 1. The summed E-state index contributed by atoms with van der Waals surface area (Å²) >= 11 is 3.41. The van der Waals surface area contributed by atoms with Gasteiger partial charge in [-0.3, -0.25) is 0 Å². The number of methoxy groups -OCH3 is 2. The third-order valence-electron chi connectivity index (χ3n) is 4.67. The Labute approximate surface area is 163 Å². The van der Waals surface area contributed by atoms with E-state index in [-0.39, 0.29) is 10.9 Å². The summed E-state index contributed by atoms with van der Waals surface area (Å²) in [5.74, 6) is 1.35. The minimum atomic E-state index is -3.64. The summed E-state index contributed by atoms with van der Waals surface area (Å²) in [6.45, 7) is 2.41. The largest absolute Gasteiger partial charge is 0.497 e. The quantitative estimate of drug-likeness (QED) is 0.696. The van der Waals surface area contributed by atoms with E-state index in [9.17, 15) is 8.42 Å².